The van der Waals surface area contributed by atoms with Gasteiger partial charge in [0.1, 0.15) is 11.6 Å². The number of carbonyl (C=O) groups is 2. The number of nitrogens with zero attached hydrogens (tertiary/aromatic N) is 4. The van der Waals surface area contributed by atoms with Crippen LogP contribution in [0.15, 0.2) is 72.9 Å². The predicted molar refractivity (Wildman–Crippen MR) is 161 cm³/mol. The first-order chi connectivity index (χ1) is 19.3. The van der Waals surface area contributed by atoms with Gasteiger partial charge in [-0.3, -0.25) is 9.59 Å². The standard InChI is InChI=1S/C33H42N4O3/c1-25(2)22-32(38)37-19-9-18-35(31-12-7-8-17-34-31)20-21-36(23-28-10-5-6-11-30(28)37)33(39)27-13-15-29(16-14-27)40-24-26(3)4/h5-8,10-17,25-26H,9,18-24H2,1-4H3. The molecule has 3 aromatic rings. The molecular formula is C33H42N4O3. The Bertz CT molecular complexity index is 1240. The summed E-state index contributed by atoms with van der Waals surface area (Å²) in [6.45, 7) is 11.9. The van der Waals surface area contributed by atoms with Gasteiger partial charge in [-0.1, -0.05) is 52.0 Å². The zero-order chi connectivity index (χ0) is 28.5. The van der Waals surface area contributed by atoms with E-state index in [4.69, 9.17) is 4.74 Å². The van der Waals surface area contributed by atoms with Crippen molar-refractivity contribution in [3.8, 4) is 5.75 Å². The molecule has 1 aliphatic rings. The van der Waals surface area contributed by atoms with Crippen LogP contribution in [0.2, 0.25) is 0 Å². The Morgan fingerprint density at radius 2 is 1.60 bits per heavy atom. The van der Waals surface area contributed by atoms with Gasteiger partial charge < -0.3 is 19.4 Å². The van der Waals surface area contributed by atoms with Gasteiger partial charge in [0.15, 0.2) is 0 Å². The van der Waals surface area contributed by atoms with E-state index in [0.29, 0.717) is 50.7 Å². The first kappa shape index (κ1) is 29.1. The SMILES string of the molecule is CC(C)COc1ccc(C(=O)N2CCN(c3ccccn3)CCCN(C(=O)CC(C)C)c3ccccc3C2)cc1. The highest BCUT2D eigenvalue weighted by molar-refractivity contribution is 5.96. The molecule has 2 heterocycles. The van der Waals surface area contributed by atoms with Crippen molar-refractivity contribution < 1.29 is 14.3 Å². The lowest BCUT2D eigenvalue weighted by Gasteiger charge is -2.29. The third kappa shape index (κ3) is 7.84. The Hall–Kier alpha value is -3.87. The van der Waals surface area contributed by atoms with E-state index in [1.807, 2.05) is 76.5 Å². The molecule has 0 N–H and O–H groups in total. The van der Waals surface area contributed by atoms with Crippen LogP contribution in [0.25, 0.3) is 0 Å². The Morgan fingerprint density at radius 1 is 0.850 bits per heavy atom. The van der Waals surface area contributed by atoms with Crippen molar-refractivity contribution in [1.82, 2.24) is 9.88 Å². The molecule has 7 heteroatoms. The number of anilines is 2. The van der Waals surface area contributed by atoms with Crippen LogP contribution >= 0.6 is 0 Å². The van der Waals surface area contributed by atoms with Crippen LogP contribution in [-0.4, -0.2) is 54.5 Å². The number of hydrogen-bond acceptors (Lipinski definition) is 5. The number of para-hydroxylation sites is 1. The van der Waals surface area contributed by atoms with Crippen molar-refractivity contribution >= 4 is 23.3 Å². The fourth-order valence-corrected chi connectivity index (χ4v) is 4.89. The zero-order valence-electron chi connectivity index (χ0n) is 24.3. The molecule has 0 saturated carbocycles. The van der Waals surface area contributed by atoms with Gasteiger partial charge in [0.25, 0.3) is 5.91 Å². The van der Waals surface area contributed by atoms with E-state index in [-0.39, 0.29) is 17.7 Å². The molecule has 2 amide bonds. The molecule has 2 aromatic carbocycles. The summed E-state index contributed by atoms with van der Waals surface area (Å²) < 4.78 is 5.82. The molecule has 0 bridgehead atoms. The van der Waals surface area contributed by atoms with Gasteiger partial charge in [0, 0.05) is 56.6 Å². The van der Waals surface area contributed by atoms with Gasteiger partial charge in [-0.25, -0.2) is 4.98 Å². The van der Waals surface area contributed by atoms with E-state index >= 15 is 0 Å². The molecule has 0 aliphatic carbocycles. The lowest BCUT2D eigenvalue weighted by Crippen LogP contribution is -2.39. The van der Waals surface area contributed by atoms with Crippen molar-refractivity contribution in [2.24, 2.45) is 11.8 Å². The summed E-state index contributed by atoms with van der Waals surface area (Å²) in [5.74, 6) is 2.38. The number of aromatic nitrogens is 1. The Labute approximate surface area is 238 Å². The number of carbonyl (C=O) groups excluding carboxylic acids is 2. The fourth-order valence-electron chi connectivity index (χ4n) is 4.89. The molecule has 0 atom stereocenters. The second-order valence-corrected chi connectivity index (χ2v) is 11.3. The van der Waals surface area contributed by atoms with E-state index in [2.05, 4.69) is 37.6 Å². The van der Waals surface area contributed by atoms with Gasteiger partial charge in [-0.15, -0.1) is 0 Å². The molecule has 0 unspecified atom stereocenters. The minimum absolute atomic E-state index is 0.0505. The predicted octanol–water partition coefficient (Wildman–Crippen LogP) is 6.05. The molecule has 40 heavy (non-hydrogen) atoms. The summed E-state index contributed by atoms with van der Waals surface area (Å²) in [7, 11) is 0. The number of rotatable bonds is 7. The van der Waals surface area contributed by atoms with Crippen molar-refractivity contribution in [2.75, 3.05) is 42.6 Å². The van der Waals surface area contributed by atoms with Crippen LogP contribution in [0.1, 0.15) is 56.5 Å². The number of pyridine rings is 1. The third-order valence-electron chi connectivity index (χ3n) is 6.92. The Balaban J connectivity index is 1.66. The van der Waals surface area contributed by atoms with Crippen LogP contribution in [0.4, 0.5) is 11.5 Å². The quantitative estimate of drug-likeness (QED) is 0.364. The van der Waals surface area contributed by atoms with Gasteiger partial charge >= 0.3 is 0 Å². The van der Waals surface area contributed by atoms with Gasteiger partial charge in [0.2, 0.25) is 5.91 Å². The number of hydrogen-bond donors (Lipinski definition) is 0. The lowest BCUT2D eigenvalue weighted by molar-refractivity contribution is -0.119. The van der Waals surface area contributed by atoms with Crippen LogP contribution in [0.3, 0.4) is 0 Å². The maximum Gasteiger partial charge on any atom is 0.254 e. The summed E-state index contributed by atoms with van der Waals surface area (Å²) >= 11 is 0. The molecular weight excluding hydrogens is 500 g/mol. The molecule has 1 aliphatic heterocycles. The highest BCUT2D eigenvalue weighted by Gasteiger charge is 2.25. The molecule has 7 nitrogen and oxygen atoms in total. The average Bonchev–Trinajstić information content (AvgIpc) is 2.98. The van der Waals surface area contributed by atoms with Crippen LogP contribution in [0.5, 0.6) is 5.75 Å². The number of benzene rings is 2. The maximum absolute atomic E-state index is 13.9. The van der Waals surface area contributed by atoms with Crippen molar-refractivity contribution in [2.45, 2.75) is 47.1 Å². The molecule has 0 radical (unpaired) electrons. The van der Waals surface area contributed by atoms with Crippen LogP contribution < -0.4 is 14.5 Å². The summed E-state index contributed by atoms with van der Waals surface area (Å²) in [4.78, 5) is 37.9. The summed E-state index contributed by atoms with van der Waals surface area (Å²) in [5, 5.41) is 0. The summed E-state index contributed by atoms with van der Waals surface area (Å²) in [6.07, 6.45) is 3.06. The molecule has 0 fully saturated rings. The van der Waals surface area contributed by atoms with Crippen LogP contribution in [0, 0.1) is 11.8 Å². The smallest absolute Gasteiger partial charge is 0.254 e. The Kier molecular flexibility index (Phi) is 10.2. The monoisotopic (exact) mass is 542 g/mol. The molecule has 4 rings (SSSR count). The van der Waals surface area contributed by atoms with E-state index < -0.39 is 0 Å². The highest BCUT2D eigenvalue weighted by Crippen LogP contribution is 2.26. The number of amides is 2. The largest absolute Gasteiger partial charge is 0.493 e. The third-order valence-corrected chi connectivity index (χ3v) is 6.92. The second-order valence-electron chi connectivity index (χ2n) is 11.3. The average molecular weight is 543 g/mol. The van der Waals surface area contributed by atoms with E-state index in [9.17, 15) is 9.59 Å². The molecule has 0 spiro atoms. The molecule has 0 saturated heterocycles. The molecule has 1 aromatic heterocycles. The first-order valence-corrected chi connectivity index (χ1v) is 14.4. The lowest BCUT2D eigenvalue weighted by atomic mass is 10.1. The fraction of sp³-hybridized carbons (Fsp3) is 0.424. The van der Waals surface area contributed by atoms with Gasteiger partial charge in [-0.2, -0.15) is 0 Å². The topological polar surface area (TPSA) is 66.0 Å². The molecule has 212 valence electrons. The van der Waals surface area contributed by atoms with Gasteiger partial charge in [-0.05, 0) is 66.3 Å². The number of ether oxygens (including phenoxy) is 1. The van der Waals surface area contributed by atoms with E-state index in [1.54, 1.807) is 6.20 Å². The normalized spacial score (nSPS) is 14.6. The van der Waals surface area contributed by atoms with Crippen LogP contribution in [-0.2, 0) is 11.3 Å². The first-order valence-electron chi connectivity index (χ1n) is 14.4. The zero-order valence-corrected chi connectivity index (χ0v) is 24.3. The van der Waals surface area contributed by atoms with Gasteiger partial charge in [0.05, 0.1) is 6.61 Å². The number of fused-ring (bicyclic) bond motifs is 1. The Morgan fingerprint density at radius 3 is 2.30 bits per heavy atom. The van der Waals surface area contributed by atoms with Crippen molar-refractivity contribution in [3.63, 3.8) is 0 Å². The minimum Gasteiger partial charge on any atom is -0.493 e. The van der Waals surface area contributed by atoms with Crippen molar-refractivity contribution in [3.05, 3.63) is 84.1 Å². The maximum atomic E-state index is 13.9. The van der Waals surface area contributed by atoms with E-state index in [1.165, 1.54) is 0 Å². The minimum atomic E-state index is -0.0505. The van der Waals surface area contributed by atoms with Crippen molar-refractivity contribution in [1.29, 1.82) is 0 Å². The van der Waals surface area contributed by atoms with E-state index in [0.717, 1.165) is 35.8 Å². The summed E-state index contributed by atoms with van der Waals surface area (Å²) in [5.41, 5.74) is 2.46. The second kappa shape index (κ2) is 14.0. The summed E-state index contributed by atoms with van der Waals surface area (Å²) in [6, 6.07) is 21.3. The highest BCUT2D eigenvalue weighted by atomic mass is 16.5.